The summed E-state index contributed by atoms with van der Waals surface area (Å²) in [5, 5.41) is 0. The second-order valence-corrected chi connectivity index (χ2v) is 5.26. The highest BCUT2D eigenvalue weighted by atomic mass is 19.3. The van der Waals surface area contributed by atoms with Gasteiger partial charge in [-0.15, -0.1) is 0 Å². The molecule has 0 radical (unpaired) electrons. The smallest absolute Gasteiger partial charge is 0.296 e. The number of rotatable bonds is 7. The number of ketones is 1. The molecule has 0 aliphatic heterocycles. The summed E-state index contributed by atoms with van der Waals surface area (Å²) in [6.45, 7) is 0.936. The van der Waals surface area contributed by atoms with Gasteiger partial charge in [0.1, 0.15) is 12.4 Å². The molecule has 0 saturated heterocycles. The van der Waals surface area contributed by atoms with Crippen LogP contribution in [0.1, 0.15) is 23.6 Å². The van der Waals surface area contributed by atoms with E-state index in [1.807, 2.05) is 12.1 Å². The van der Waals surface area contributed by atoms with E-state index in [-0.39, 0.29) is 18.0 Å². The molecule has 0 spiro atoms. The number of carbonyl (C=O) groups excluding carboxylic acids is 1. The number of hydrogen-bond acceptors (Lipinski definition) is 2. The van der Waals surface area contributed by atoms with Gasteiger partial charge in [0.25, 0.3) is 5.92 Å². The molecule has 116 valence electrons. The highest BCUT2D eigenvalue weighted by molar-refractivity contribution is 5.78. The summed E-state index contributed by atoms with van der Waals surface area (Å²) in [5.41, 5.74) is 1.59. The maximum atomic E-state index is 13.9. The van der Waals surface area contributed by atoms with Crippen molar-refractivity contribution in [3.63, 3.8) is 0 Å². The van der Waals surface area contributed by atoms with Gasteiger partial charge in [-0.1, -0.05) is 54.6 Å². The van der Waals surface area contributed by atoms with Gasteiger partial charge in [0.05, 0.1) is 6.61 Å². The van der Waals surface area contributed by atoms with Gasteiger partial charge in [-0.25, -0.2) is 0 Å². The quantitative estimate of drug-likeness (QED) is 0.769. The maximum Gasteiger partial charge on any atom is 0.296 e. The third-order valence-corrected chi connectivity index (χ3v) is 3.19. The standard InChI is InChI=1S/C18H18F2O2/c1-14(21)10-15-6-5-7-16(11-15)12-22-13-18(19,20)17-8-3-2-4-9-17/h2-9,11H,10,12-13H2,1H3. The molecule has 0 saturated carbocycles. The van der Waals surface area contributed by atoms with Crippen molar-refractivity contribution >= 4 is 5.78 Å². The Morgan fingerprint density at radius 1 is 1.05 bits per heavy atom. The second kappa shape index (κ2) is 7.27. The Kier molecular flexibility index (Phi) is 5.39. The van der Waals surface area contributed by atoms with E-state index in [0.29, 0.717) is 6.42 Å². The highest BCUT2D eigenvalue weighted by Gasteiger charge is 2.31. The second-order valence-electron chi connectivity index (χ2n) is 5.26. The lowest BCUT2D eigenvalue weighted by Gasteiger charge is -2.17. The summed E-state index contributed by atoms with van der Waals surface area (Å²) in [7, 11) is 0. The maximum absolute atomic E-state index is 13.9. The van der Waals surface area contributed by atoms with Gasteiger partial charge in [-0.05, 0) is 18.1 Å². The zero-order chi connectivity index (χ0) is 16.0. The van der Waals surface area contributed by atoms with Crippen molar-refractivity contribution in [1.82, 2.24) is 0 Å². The Labute approximate surface area is 128 Å². The van der Waals surface area contributed by atoms with E-state index in [1.54, 1.807) is 30.3 Å². The van der Waals surface area contributed by atoms with Crippen molar-refractivity contribution in [2.75, 3.05) is 6.61 Å². The first-order valence-corrected chi connectivity index (χ1v) is 7.06. The monoisotopic (exact) mass is 304 g/mol. The summed E-state index contributed by atoms with van der Waals surface area (Å²) in [4.78, 5) is 11.1. The lowest BCUT2D eigenvalue weighted by molar-refractivity contribution is -0.116. The highest BCUT2D eigenvalue weighted by Crippen LogP contribution is 2.28. The Bertz CT molecular complexity index is 624. The number of carbonyl (C=O) groups is 1. The van der Waals surface area contributed by atoms with Crippen LogP contribution >= 0.6 is 0 Å². The molecule has 0 heterocycles. The average Bonchev–Trinajstić information content (AvgIpc) is 2.48. The molecule has 4 heteroatoms. The van der Waals surface area contributed by atoms with Gasteiger partial charge in [0.2, 0.25) is 0 Å². The van der Waals surface area contributed by atoms with E-state index in [1.165, 1.54) is 19.1 Å². The molecule has 2 aromatic carbocycles. The molecule has 0 aliphatic carbocycles. The average molecular weight is 304 g/mol. The molecule has 0 aromatic heterocycles. The van der Waals surface area contributed by atoms with Crippen molar-refractivity contribution in [3.8, 4) is 0 Å². The Morgan fingerprint density at radius 2 is 1.73 bits per heavy atom. The molecule has 0 aliphatic rings. The van der Waals surface area contributed by atoms with Crippen LogP contribution in [0.5, 0.6) is 0 Å². The van der Waals surface area contributed by atoms with Crippen LogP contribution in [0.4, 0.5) is 8.78 Å². The molecule has 2 aromatic rings. The van der Waals surface area contributed by atoms with Crippen LogP contribution in [0.15, 0.2) is 54.6 Å². The van der Waals surface area contributed by atoms with Gasteiger partial charge < -0.3 is 4.74 Å². The lowest BCUT2D eigenvalue weighted by atomic mass is 10.1. The fraction of sp³-hybridized carbons (Fsp3) is 0.278. The molecule has 0 fully saturated rings. The minimum atomic E-state index is -3.02. The number of Topliss-reactive ketones (excluding diaryl/α,β-unsaturated/α-hetero) is 1. The van der Waals surface area contributed by atoms with Crippen molar-refractivity contribution < 1.29 is 18.3 Å². The number of ether oxygens (including phenoxy) is 1. The van der Waals surface area contributed by atoms with Gasteiger partial charge in [0, 0.05) is 12.0 Å². The summed E-state index contributed by atoms with van der Waals surface area (Å²) in [6, 6.07) is 14.9. The number of halogens is 2. The van der Waals surface area contributed by atoms with Crippen LogP contribution in [-0.4, -0.2) is 12.4 Å². The molecule has 2 rings (SSSR count). The number of hydrogen-bond donors (Lipinski definition) is 0. The molecule has 0 bridgehead atoms. The van der Waals surface area contributed by atoms with E-state index in [9.17, 15) is 13.6 Å². The predicted molar refractivity (Wildman–Crippen MR) is 80.8 cm³/mol. The van der Waals surface area contributed by atoms with E-state index in [0.717, 1.165) is 11.1 Å². The minimum Gasteiger partial charge on any atom is -0.370 e. The van der Waals surface area contributed by atoms with E-state index in [2.05, 4.69) is 0 Å². The summed E-state index contributed by atoms with van der Waals surface area (Å²) in [6.07, 6.45) is 0.341. The molecule has 0 unspecified atom stereocenters. The fourth-order valence-electron chi connectivity index (χ4n) is 2.18. The largest absolute Gasteiger partial charge is 0.370 e. The zero-order valence-electron chi connectivity index (χ0n) is 12.4. The first-order chi connectivity index (χ1) is 10.5. The topological polar surface area (TPSA) is 26.3 Å². The van der Waals surface area contributed by atoms with Crippen LogP contribution in [-0.2, 0) is 28.5 Å². The first kappa shape index (κ1) is 16.3. The summed E-state index contributed by atoms with van der Waals surface area (Å²) in [5.74, 6) is -2.95. The van der Waals surface area contributed by atoms with Crippen molar-refractivity contribution in [3.05, 3.63) is 71.3 Å². The number of alkyl halides is 2. The molecular weight excluding hydrogens is 286 g/mol. The normalized spacial score (nSPS) is 11.4. The molecule has 0 amide bonds. The minimum absolute atomic E-state index is 0.0552. The zero-order valence-corrected chi connectivity index (χ0v) is 12.4. The lowest BCUT2D eigenvalue weighted by Crippen LogP contribution is -2.21. The van der Waals surface area contributed by atoms with Gasteiger partial charge in [0.15, 0.2) is 0 Å². The summed E-state index contributed by atoms with van der Waals surface area (Å²) < 4.78 is 33.0. The molecule has 0 atom stereocenters. The van der Waals surface area contributed by atoms with Crippen molar-refractivity contribution in [2.45, 2.75) is 25.9 Å². The Balaban J connectivity index is 1.92. The van der Waals surface area contributed by atoms with E-state index >= 15 is 0 Å². The van der Waals surface area contributed by atoms with Crippen LogP contribution in [0.3, 0.4) is 0 Å². The van der Waals surface area contributed by atoms with E-state index in [4.69, 9.17) is 4.74 Å². The molecule has 2 nitrogen and oxygen atoms in total. The van der Waals surface area contributed by atoms with Crippen LogP contribution in [0.25, 0.3) is 0 Å². The van der Waals surface area contributed by atoms with Gasteiger partial charge >= 0.3 is 0 Å². The predicted octanol–water partition coefficient (Wildman–Crippen LogP) is 4.13. The number of benzene rings is 2. The van der Waals surface area contributed by atoms with Crippen molar-refractivity contribution in [2.24, 2.45) is 0 Å². The van der Waals surface area contributed by atoms with E-state index < -0.39 is 12.5 Å². The first-order valence-electron chi connectivity index (χ1n) is 7.06. The van der Waals surface area contributed by atoms with Gasteiger partial charge in [-0.2, -0.15) is 8.78 Å². The van der Waals surface area contributed by atoms with Crippen LogP contribution < -0.4 is 0 Å². The van der Waals surface area contributed by atoms with Gasteiger partial charge in [-0.3, -0.25) is 4.79 Å². The Hall–Kier alpha value is -2.07. The molecular formula is C18H18F2O2. The van der Waals surface area contributed by atoms with Crippen molar-refractivity contribution in [1.29, 1.82) is 0 Å². The SMILES string of the molecule is CC(=O)Cc1cccc(COCC(F)(F)c2ccccc2)c1. The summed E-state index contributed by atoms with van der Waals surface area (Å²) >= 11 is 0. The fourth-order valence-corrected chi connectivity index (χ4v) is 2.18. The molecule has 0 N–H and O–H groups in total. The molecule has 22 heavy (non-hydrogen) atoms. The van der Waals surface area contributed by atoms with Crippen LogP contribution in [0, 0.1) is 0 Å². The third kappa shape index (κ3) is 4.74. The third-order valence-electron chi connectivity index (χ3n) is 3.19. The van der Waals surface area contributed by atoms with Crippen LogP contribution in [0.2, 0.25) is 0 Å². The Morgan fingerprint density at radius 3 is 2.41 bits per heavy atom.